The Hall–Kier alpha value is -1.96. The number of anilines is 1. The zero-order valence-corrected chi connectivity index (χ0v) is 23.0. The summed E-state index contributed by atoms with van der Waals surface area (Å²) in [5.41, 5.74) is 7.18. The molecule has 1 atom stereocenters. The Balaban J connectivity index is 1.14. The van der Waals surface area contributed by atoms with Gasteiger partial charge in [-0.1, -0.05) is 56.2 Å². The van der Waals surface area contributed by atoms with E-state index in [2.05, 4.69) is 16.8 Å². The number of hydrogen-bond donors (Lipinski definition) is 1. The van der Waals surface area contributed by atoms with E-state index in [-0.39, 0.29) is 11.7 Å². The van der Waals surface area contributed by atoms with Crippen LogP contribution in [-0.4, -0.2) is 43.2 Å². The van der Waals surface area contributed by atoms with Crippen LogP contribution in [0.4, 0.5) is 5.13 Å². The first-order valence-corrected chi connectivity index (χ1v) is 16.1. The first-order valence-electron chi connectivity index (χ1n) is 13.6. The van der Waals surface area contributed by atoms with E-state index in [1.165, 1.54) is 29.8 Å². The highest BCUT2D eigenvalue weighted by Crippen LogP contribution is 2.35. The number of hydrogen-bond acceptors (Lipinski definition) is 6. The summed E-state index contributed by atoms with van der Waals surface area (Å²) in [4.78, 5) is 9.10. The SMILES string of the molecule is CCCN(CCC1CCC(CS(=O)(=O)c2cccc3ccccc23)CC1)[C@H]1CCc2nc(N)sc2C1. The van der Waals surface area contributed by atoms with Crippen molar-refractivity contribution in [3.63, 3.8) is 0 Å². The predicted octanol–water partition coefficient (Wildman–Crippen LogP) is 6.12. The van der Waals surface area contributed by atoms with Gasteiger partial charge in [0.15, 0.2) is 15.0 Å². The normalized spacial score (nSPS) is 22.7. The lowest BCUT2D eigenvalue weighted by Crippen LogP contribution is -2.41. The Labute approximate surface area is 220 Å². The second-order valence-electron chi connectivity index (χ2n) is 10.8. The summed E-state index contributed by atoms with van der Waals surface area (Å²) >= 11 is 1.67. The van der Waals surface area contributed by atoms with Gasteiger partial charge in [-0.25, -0.2) is 13.4 Å². The summed E-state index contributed by atoms with van der Waals surface area (Å²) in [5.74, 6) is 1.25. The highest BCUT2D eigenvalue weighted by molar-refractivity contribution is 7.91. The first-order chi connectivity index (χ1) is 17.4. The van der Waals surface area contributed by atoms with Gasteiger partial charge in [0.25, 0.3) is 0 Å². The number of aromatic nitrogens is 1. The summed E-state index contributed by atoms with van der Waals surface area (Å²) in [6.45, 7) is 4.56. The largest absolute Gasteiger partial charge is 0.375 e. The van der Waals surface area contributed by atoms with Crippen molar-refractivity contribution < 1.29 is 8.42 Å². The predicted molar refractivity (Wildman–Crippen MR) is 150 cm³/mol. The van der Waals surface area contributed by atoms with Crippen LogP contribution in [0.15, 0.2) is 47.4 Å². The van der Waals surface area contributed by atoms with E-state index in [4.69, 9.17) is 5.73 Å². The van der Waals surface area contributed by atoms with Crippen molar-refractivity contribution in [1.82, 2.24) is 9.88 Å². The molecule has 0 unspecified atom stereocenters. The lowest BCUT2D eigenvalue weighted by atomic mass is 9.81. The maximum atomic E-state index is 13.3. The molecule has 2 N–H and O–H groups in total. The molecule has 2 aliphatic rings. The van der Waals surface area contributed by atoms with Crippen LogP contribution in [0.5, 0.6) is 0 Å². The number of aryl methyl sites for hydroxylation is 1. The molecular weight excluding hydrogens is 486 g/mol. The number of nitrogens with two attached hydrogens (primary N) is 1. The lowest BCUT2D eigenvalue weighted by molar-refractivity contribution is 0.156. The molecule has 1 aromatic heterocycles. The van der Waals surface area contributed by atoms with Crippen LogP contribution in [0.3, 0.4) is 0 Å². The summed E-state index contributed by atoms with van der Waals surface area (Å²) in [7, 11) is -3.30. The van der Waals surface area contributed by atoms with Gasteiger partial charge in [-0.05, 0) is 81.3 Å². The minimum absolute atomic E-state index is 0.269. The van der Waals surface area contributed by atoms with Gasteiger partial charge >= 0.3 is 0 Å². The Bertz CT molecular complexity index is 1270. The van der Waals surface area contributed by atoms with Crippen molar-refractivity contribution >= 4 is 37.1 Å². The van der Waals surface area contributed by atoms with Crippen LogP contribution in [0.2, 0.25) is 0 Å². The fraction of sp³-hybridized carbons (Fsp3) is 0.552. The Kier molecular flexibility index (Phi) is 7.99. The van der Waals surface area contributed by atoms with Crippen molar-refractivity contribution in [1.29, 1.82) is 0 Å². The maximum absolute atomic E-state index is 13.3. The van der Waals surface area contributed by atoms with Crippen LogP contribution in [-0.2, 0) is 22.7 Å². The average molecular weight is 526 g/mol. The van der Waals surface area contributed by atoms with Crippen molar-refractivity contribution in [2.45, 2.75) is 75.6 Å². The molecule has 0 saturated heterocycles. The minimum Gasteiger partial charge on any atom is -0.375 e. The van der Waals surface area contributed by atoms with Gasteiger partial charge in [0.1, 0.15) is 0 Å². The van der Waals surface area contributed by atoms with Gasteiger partial charge in [-0.2, -0.15) is 0 Å². The van der Waals surface area contributed by atoms with Crippen molar-refractivity contribution in [2.24, 2.45) is 11.8 Å². The van der Waals surface area contributed by atoms with Gasteiger partial charge in [0, 0.05) is 16.3 Å². The molecule has 5 rings (SSSR count). The van der Waals surface area contributed by atoms with E-state index < -0.39 is 9.84 Å². The third kappa shape index (κ3) is 5.79. The first kappa shape index (κ1) is 25.7. The number of nitrogens with zero attached hydrogens (tertiary/aromatic N) is 2. The van der Waals surface area contributed by atoms with Gasteiger partial charge in [-0.3, -0.25) is 0 Å². The highest BCUT2D eigenvalue weighted by Gasteiger charge is 2.30. The summed E-state index contributed by atoms with van der Waals surface area (Å²) in [6, 6.07) is 14.0. The molecule has 0 bridgehead atoms. The van der Waals surface area contributed by atoms with Crippen molar-refractivity contribution in [2.75, 3.05) is 24.6 Å². The Morgan fingerprint density at radius 2 is 1.75 bits per heavy atom. The van der Waals surface area contributed by atoms with Gasteiger partial charge in [0.05, 0.1) is 16.3 Å². The molecule has 5 nitrogen and oxygen atoms in total. The van der Waals surface area contributed by atoms with Crippen LogP contribution < -0.4 is 5.73 Å². The molecule has 0 radical (unpaired) electrons. The molecule has 0 aliphatic heterocycles. The van der Waals surface area contributed by atoms with E-state index >= 15 is 0 Å². The third-order valence-corrected chi connectivity index (χ3v) is 11.2. The molecule has 2 aliphatic carbocycles. The Morgan fingerprint density at radius 1 is 1.00 bits per heavy atom. The quantitative estimate of drug-likeness (QED) is 0.364. The average Bonchev–Trinajstić information content (AvgIpc) is 3.26. The summed E-state index contributed by atoms with van der Waals surface area (Å²) < 4.78 is 26.7. The van der Waals surface area contributed by atoms with Crippen molar-refractivity contribution in [3.05, 3.63) is 53.0 Å². The van der Waals surface area contributed by atoms with E-state index in [9.17, 15) is 8.42 Å². The second kappa shape index (κ2) is 11.2. The van der Waals surface area contributed by atoms with Gasteiger partial charge in [0.2, 0.25) is 0 Å². The fourth-order valence-corrected chi connectivity index (χ4v) is 9.25. The number of benzene rings is 2. The fourth-order valence-electron chi connectivity index (χ4n) is 6.36. The van der Waals surface area contributed by atoms with Crippen LogP contribution in [0, 0.1) is 11.8 Å². The molecule has 7 heteroatoms. The molecular formula is C29H39N3O2S2. The molecule has 1 heterocycles. The van der Waals surface area contributed by atoms with E-state index in [1.54, 1.807) is 17.4 Å². The lowest BCUT2D eigenvalue weighted by Gasteiger charge is -2.36. The molecule has 1 saturated carbocycles. The van der Waals surface area contributed by atoms with E-state index in [0.29, 0.717) is 22.0 Å². The summed E-state index contributed by atoms with van der Waals surface area (Å²) in [6.07, 6.45) is 10.0. The van der Waals surface area contributed by atoms with Crippen LogP contribution in [0.25, 0.3) is 10.8 Å². The van der Waals surface area contributed by atoms with Gasteiger partial charge in [-0.15, -0.1) is 11.3 Å². The second-order valence-corrected chi connectivity index (χ2v) is 13.9. The third-order valence-electron chi connectivity index (χ3n) is 8.29. The topological polar surface area (TPSA) is 76.3 Å². The molecule has 194 valence electrons. The highest BCUT2D eigenvalue weighted by atomic mass is 32.2. The summed E-state index contributed by atoms with van der Waals surface area (Å²) in [5, 5.41) is 2.55. The molecule has 0 spiro atoms. The maximum Gasteiger partial charge on any atom is 0.180 e. The molecule has 3 aromatic rings. The Morgan fingerprint density at radius 3 is 2.56 bits per heavy atom. The molecule has 1 fully saturated rings. The van der Waals surface area contributed by atoms with E-state index in [0.717, 1.165) is 62.4 Å². The number of fused-ring (bicyclic) bond motifs is 2. The van der Waals surface area contributed by atoms with Gasteiger partial charge < -0.3 is 10.6 Å². The molecule has 2 aromatic carbocycles. The molecule has 36 heavy (non-hydrogen) atoms. The molecule has 0 amide bonds. The smallest absolute Gasteiger partial charge is 0.180 e. The van der Waals surface area contributed by atoms with Crippen LogP contribution >= 0.6 is 11.3 Å². The van der Waals surface area contributed by atoms with E-state index in [1.807, 2.05) is 36.4 Å². The zero-order chi connectivity index (χ0) is 25.1. The standard InChI is InChI=1S/C29H39N3O2S2/c1-2-17-32(24-14-15-26-27(19-24)35-29(30)31-26)18-16-21-10-12-22(13-11-21)20-36(33,34)28-9-5-7-23-6-3-4-8-25(23)28/h3-9,21-22,24H,2,10-20H2,1H3,(H2,30,31)/t21?,22?,24-/m0/s1. The number of thiazole rings is 1. The number of sulfone groups is 1. The zero-order valence-electron chi connectivity index (χ0n) is 21.4. The monoisotopic (exact) mass is 525 g/mol. The van der Waals surface area contributed by atoms with Crippen molar-refractivity contribution in [3.8, 4) is 0 Å². The minimum atomic E-state index is -3.30. The van der Waals surface area contributed by atoms with Crippen LogP contribution in [0.1, 0.15) is 62.4 Å². The number of rotatable bonds is 9. The number of nitrogen functional groups attached to an aromatic ring is 1.